The Bertz CT molecular complexity index is 462. The Morgan fingerprint density at radius 3 is 2.76 bits per heavy atom. The molecule has 0 amide bonds. The molecule has 1 atom stereocenters. The number of nitrogens with zero attached hydrogens (tertiary/aromatic N) is 1. The van der Waals surface area contributed by atoms with Gasteiger partial charge in [-0.15, -0.1) is 0 Å². The second-order valence-corrected chi connectivity index (χ2v) is 6.18. The van der Waals surface area contributed by atoms with Gasteiger partial charge in [0.05, 0.1) is 11.9 Å². The third kappa shape index (κ3) is 4.79. The quantitative estimate of drug-likeness (QED) is 0.837. The minimum Gasteiger partial charge on any atom is -0.309 e. The Labute approximate surface area is 101 Å². The Kier molecular flexibility index (Phi) is 5.02. The van der Waals surface area contributed by atoms with Crippen LogP contribution in [-0.4, -0.2) is 32.0 Å². The summed E-state index contributed by atoms with van der Waals surface area (Å²) in [6, 6.07) is 0.987. The normalized spacial score (nSPS) is 13.6. The lowest BCUT2D eigenvalue weighted by atomic mass is 10.1. The molecule has 0 saturated carbocycles. The van der Waals surface area contributed by atoms with Gasteiger partial charge in [0, 0.05) is 24.1 Å². The van der Waals surface area contributed by atoms with Crippen LogP contribution in [0.15, 0.2) is 18.5 Å². The van der Waals surface area contributed by atoms with Crippen LogP contribution in [0.1, 0.15) is 24.9 Å². The number of pyridine rings is 1. The van der Waals surface area contributed by atoms with Gasteiger partial charge in [0.15, 0.2) is 0 Å². The zero-order valence-electron chi connectivity index (χ0n) is 9.98. The first kappa shape index (κ1) is 14.1. The van der Waals surface area contributed by atoms with Crippen LogP contribution in [0.2, 0.25) is 0 Å². The number of aromatic nitrogens is 1. The van der Waals surface area contributed by atoms with Crippen molar-refractivity contribution in [2.45, 2.75) is 19.4 Å². The smallest absolute Gasteiger partial charge is 0.149 e. The summed E-state index contributed by atoms with van der Waals surface area (Å²) in [5.41, 5.74) is 0.346. The highest BCUT2D eigenvalue weighted by atomic mass is 32.2. The maximum atomic E-state index is 13.5. The van der Waals surface area contributed by atoms with E-state index in [2.05, 4.69) is 10.3 Å². The van der Waals surface area contributed by atoms with E-state index >= 15 is 0 Å². The summed E-state index contributed by atoms with van der Waals surface area (Å²) in [6.07, 6.45) is 4.55. The van der Waals surface area contributed by atoms with Crippen molar-refractivity contribution in [1.82, 2.24) is 10.3 Å². The van der Waals surface area contributed by atoms with Crippen molar-refractivity contribution >= 4 is 9.84 Å². The maximum Gasteiger partial charge on any atom is 0.149 e. The van der Waals surface area contributed by atoms with Gasteiger partial charge in [0.1, 0.15) is 15.7 Å². The van der Waals surface area contributed by atoms with E-state index in [9.17, 15) is 12.8 Å². The van der Waals surface area contributed by atoms with E-state index in [1.54, 1.807) is 0 Å². The highest BCUT2D eigenvalue weighted by Crippen LogP contribution is 2.17. The average molecular weight is 260 g/mol. The van der Waals surface area contributed by atoms with Crippen LogP contribution >= 0.6 is 0 Å². The lowest BCUT2D eigenvalue weighted by Gasteiger charge is -2.18. The number of rotatable bonds is 6. The molecular formula is C11H17FN2O2S. The van der Waals surface area contributed by atoms with E-state index in [1.165, 1.54) is 12.3 Å². The molecule has 0 bridgehead atoms. The first-order chi connectivity index (χ1) is 7.94. The summed E-state index contributed by atoms with van der Waals surface area (Å²) >= 11 is 0. The molecule has 0 aromatic carbocycles. The zero-order chi connectivity index (χ0) is 12.9. The Morgan fingerprint density at radius 1 is 1.53 bits per heavy atom. The van der Waals surface area contributed by atoms with Gasteiger partial charge >= 0.3 is 0 Å². The van der Waals surface area contributed by atoms with Gasteiger partial charge in [-0.1, -0.05) is 6.92 Å². The fourth-order valence-corrected chi connectivity index (χ4v) is 2.45. The molecule has 0 fully saturated rings. The van der Waals surface area contributed by atoms with Gasteiger partial charge in [-0.2, -0.15) is 0 Å². The number of nitrogens with one attached hydrogen (secondary N) is 1. The second kappa shape index (κ2) is 6.07. The molecule has 96 valence electrons. The summed E-state index contributed by atoms with van der Waals surface area (Å²) in [4.78, 5) is 3.65. The van der Waals surface area contributed by atoms with E-state index < -0.39 is 21.7 Å². The molecule has 1 rings (SSSR count). The zero-order valence-corrected chi connectivity index (χ0v) is 10.8. The fraction of sp³-hybridized carbons (Fsp3) is 0.545. The molecule has 0 aliphatic heterocycles. The van der Waals surface area contributed by atoms with Gasteiger partial charge in [-0.25, -0.2) is 12.8 Å². The van der Waals surface area contributed by atoms with E-state index in [0.717, 1.165) is 18.9 Å². The molecule has 1 unspecified atom stereocenters. The molecule has 0 aliphatic rings. The van der Waals surface area contributed by atoms with Gasteiger partial charge in [-0.3, -0.25) is 4.98 Å². The minimum atomic E-state index is -3.17. The van der Waals surface area contributed by atoms with Crippen LogP contribution in [0.4, 0.5) is 4.39 Å². The van der Waals surface area contributed by atoms with Crippen molar-refractivity contribution in [1.29, 1.82) is 0 Å². The molecule has 4 nitrogen and oxygen atoms in total. The lowest BCUT2D eigenvalue weighted by Crippen LogP contribution is -2.29. The van der Waals surface area contributed by atoms with E-state index in [0.29, 0.717) is 12.1 Å². The predicted octanol–water partition coefficient (Wildman–Crippen LogP) is 1.31. The van der Waals surface area contributed by atoms with Crippen molar-refractivity contribution in [3.05, 3.63) is 29.8 Å². The molecule has 0 spiro atoms. The topological polar surface area (TPSA) is 59.1 Å². The monoisotopic (exact) mass is 260 g/mol. The van der Waals surface area contributed by atoms with Gasteiger partial charge in [0.2, 0.25) is 0 Å². The fourth-order valence-electron chi connectivity index (χ4n) is 1.55. The van der Waals surface area contributed by atoms with Crippen LogP contribution in [0.5, 0.6) is 0 Å². The van der Waals surface area contributed by atoms with E-state index in [4.69, 9.17) is 0 Å². The summed E-state index contributed by atoms with van der Waals surface area (Å²) in [7, 11) is -3.17. The first-order valence-electron chi connectivity index (χ1n) is 5.44. The number of hydrogen-bond acceptors (Lipinski definition) is 4. The second-order valence-electron chi connectivity index (χ2n) is 4.00. The molecule has 1 aromatic heterocycles. The molecule has 1 heterocycles. The van der Waals surface area contributed by atoms with Crippen molar-refractivity contribution in [3.63, 3.8) is 0 Å². The molecule has 17 heavy (non-hydrogen) atoms. The maximum absolute atomic E-state index is 13.5. The number of halogens is 1. The van der Waals surface area contributed by atoms with Crippen LogP contribution in [-0.2, 0) is 9.84 Å². The Morgan fingerprint density at radius 2 is 2.24 bits per heavy atom. The van der Waals surface area contributed by atoms with Gasteiger partial charge in [-0.05, 0) is 19.0 Å². The highest BCUT2D eigenvalue weighted by molar-refractivity contribution is 7.90. The molecule has 0 saturated heterocycles. The van der Waals surface area contributed by atoms with Gasteiger partial charge < -0.3 is 5.32 Å². The Balaban J connectivity index is 2.94. The van der Waals surface area contributed by atoms with Crippen molar-refractivity contribution in [2.75, 3.05) is 18.6 Å². The Hall–Kier alpha value is -1.01. The van der Waals surface area contributed by atoms with Crippen molar-refractivity contribution in [3.8, 4) is 0 Å². The van der Waals surface area contributed by atoms with Crippen molar-refractivity contribution in [2.24, 2.45) is 0 Å². The van der Waals surface area contributed by atoms with E-state index in [-0.39, 0.29) is 5.75 Å². The van der Waals surface area contributed by atoms with Crippen LogP contribution in [0.25, 0.3) is 0 Å². The molecular weight excluding hydrogens is 243 g/mol. The largest absolute Gasteiger partial charge is 0.309 e. The third-order valence-electron chi connectivity index (χ3n) is 2.29. The average Bonchev–Trinajstić information content (AvgIpc) is 2.23. The van der Waals surface area contributed by atoms with Gasteiger partial charge in [0.25, 0.3) is 0 Å². The third-order valence-corrected chi connectivity index (χ3v) is 3.23. The van der Waals surface area contributed by atoms with Crippen LogP contribution in [0.3, 0.4) is 0 Å². The highest BCUT2D eigenvalue weighted by Gasteiger charge is 2.19. The van der Waals surface area contributed by atoms with Crippen molar-refractivity contribution < 1.29 is 12.8 Å². The number of sulfone groups is 1. The molecule has 1 N–H and O–H groups in total. The predicted molar refractivity (Wildman–Crippen MR) is 64.9 cm³/mol. The van der Waals surface area contributed by atoms with E-state index in [1.807, 2.05) is 6.92 Å². The SMILES string of the molecule is CCCNC(CS(C)(=O)=O)c1ccncc1F. The summed E-state index contributed by atoms with van der Waals surface area (Å²) in [5.74, 6) is -0.599. The molecule has 1 aromatic rings. The lowest BCUT2D eigenvalue weighted by molar-refractivity contribution is 0.517. The number of hydrogen-bond donors (Lipinski definition) is 1. The first-order valence-corrected chi connectivity index (χ1v) is 7.50. The van der Waals surface area contributed by atoms with Crippen LogP contribution < -0.4 is 5.32 Å². The molecule has 0 radical (unpaired) electrons. The standard InChI is InChI=1S/C11H17FN2O2S/c1-3-5-14-11(8-17(2,15)16)9-4-6-13-7-10(9)12/h4,6-7,11,14H,3,5,8H2,1-2H3. The van der Waals surface area contributed by atoms with Crippen LogP contribution in [0, 0.1) is 5.82 Å². The molecule has 0 aliphatic carbocycles. The summed E-state index contributed by atoms with van der Waals surface area (Å²) < 4.78 is 36.2. The minimum absolute atomic E-state index is 0.117. The molecule has 6 heteroatoms. The summed E-state index contributed by atoms with van der Waals surface area (Å²) in [6.45, 7) is 2.61. The summed E-state index contributed by atoms with van der Waals surface area (Å²) in [5, 5.41) is 3.04.